The highest BCUT2D eigenvalue weighted by atomic mass is 16.5. The lowest BCUT2D eigenvalue weighted by Gasteiger charge is -2.19. The van der Waals surface area contributed by atoms with Crippen LogP contribution in [0.3, 0.4) is 0 Å². The van der Waals surface area contributed by atoms with Gasteiger partial charge in [-0.1, -0.05) is 24.3 Å². The fourth-order valence-corrected chi connectivity index (χ4v) is 4.39. The Labute approximate surface area is 204 Å². The van der Waals surface area contributed by atoms with E-state index in [4.69, 9.17) is 14.2 Å². The number of amides is 1. The summed E-state index contributed by atoms with van der Waals surface area (Å²) in [4.78, 5) is 16.6. The number of carbonyl (C=O) groups is 1. The predicted octanol–water partition coefficient (Wildman–Crippen LogP) is 4.50. The maximum atomic E-state index is 13.4. The van der Waals surface area contributed by atoms with Gasteiger partial charge in [0.25, 0.3) is 5.91 Å². The molecule has 7 heteroatoms. The topological polar surface area (TPSA) is 92.8 Å². The molecule has 0 bridgehead atoms. The molecule has 0 unspecified atom stereocenters. The standard InChI is InChI=1S/C28H30N2O5/c1-17-11-19(18-9-10-25(33-2)26(14-18)34-3)13-23(27(17)35-4)28(32)30-21(16-31)12-20-15-29-24-8-6-5-7-22(20)24/h5-11,13-15,21,29,31H,12,16H2,1-4H3,(H,30,32)/t21-/m1/s1. The van der Waals surface area contributed by atoms with Crippen LogP contribution in [-0.2, 0) is 6.42 Å². The molecule has 3 N–H and O–H groups in total. The third-order valence-corrected chi connectivity index (χ3v) is 6.14. The molecular weight excluding hydrogens is 444 g/mol. The number of carbonyl (C=O) groups excluding carboxylic acids is 1. The summed E-state index contributed by atoms with van der Waals surface area (Å²) >= 11 is 0. The molecule has 0 saturated heterocycles. The molecule has 0 saturated carbocycles. The first-order valence-electron chi connectivity index (χ1n) is 11.4. The maximum absolute atomic E-state index is 13.4. The third-order valence-electron chi connectivity index (χ3n) is 6.14. The van der Waals surface area contributed by atoms with E-state index >= 15 is 0 Å². The van der Waals surface area contributed by atoms with E-state index in [9.17, 15) is 9.90 Å². The van der Waals surface area contributed by atoms with Crippen LogP contribution in [0.1, 0.15) is 21.5 Å². The molecule has 1 heterocycles. The highest BCUT2D eigenvalue weighted by Crippen LogP contribution is 2.35. The second-order valence-corrected chi connectivity index (χ2v) is 8.36. The minimum atomic E-state index is -0.462. The lowest BCUT2D eigenvalue weighted by molar-refractivity contribution is 0.0913. The molecule has 0 radical (unpaired) electrons. The molecule has 0 aliphatic rings. The molecule has 1 amide bonds. The average Bonchev–Trinajstić information content (AvgIpc) is 3.29. The van der Waals surface area contributed by atoms with E-state index in [0.717, 1.165) is 33.2 Å². The summed E-state index contributed by atoms with van der Waals surface area (Å²) in [6.45, 7) is 1.71. The largest absolute Gasteiger partial charge is 0.496 e. The third kappa shape index (κ3) is 4.95. The molecule has 0 aliphatic heterocycles. The van der Waals surface area contributed by atoms with Gasteiger partial charge in [0.15, 0.2) is 11.5 Å². The minimum absolute atomic E-state index is 0.193. The van der Waals surface area contributed by atoms with E-state index in [1.54, 1.807) is 27.4 Å². The van der Waals surface area contributed by atoms with Crippen molar-refractivity contribution in [2.24, 2.45) is 0 Å². The molecule has 1 atom stereocenters. The first kappa shape index (κ1) is 24.2. The molecule has 0 spiro atoms. The highest BCUT2D eigenvalue weighted by molar-refractivity contribution is 5.99. The second kappa shape index (κ2) is 10.5. The number of nitrogens with one attached hydrogen (secondary N) is 2. The van der Waals surface area contributed by atoms with Crippen molar-refractivity contribution in [3.63, 3.8) is 0 Å². The number of benzene rings is 3. The quantitative estimate of drug-likeness (QED) is 0.332. The van der Waals surface area contributed by atoms with Crippen LogP contribution in [0.25, 0.3) is 22.0 Å². The zero-order valence-corrected chi connectivity index (χ0v) is 20.3. The number of aliphatic hydroxyl groups is 1. The Kier molecular flexibility index (Phi) is 7.27. The zero-order valence-electron chi connectivity index (χ0n) is 20.3. The number of H-pyrrole nitrogens is 1. The molecular formula is C28H30N2O5. The van der Waals surface area contributed by atoms with E-state index < -0.39 is 6.04 Å². The van der Waals surface area contributed by atoms with Crippen LogP contribution < -0.4 is 19.5 Å². The van der Waals surface area contributed by atoms with Crippen molar-refractivity contribution in [2.45, 2.75) is 19.4 Å². The fraction of sp³-hybridized carbons (Fsp3) is 0.250. The molecule has 3 aromatic carbocycles. The molecule has 35 heavy (non-hydrogen) atoms. The van der Waals surface area contributed by atoms with Gasteiger partial charge in [0.05, 0.1) is 39.5 Å². The lowest BCUT2D eigenvalue weighted by atomic mass is 9.97. The summed E-state index contributed by atoms with van der Waals surface area (Å²) in [5.74, 6) is 1.41. The van der Waals surface area contributed by atoms with Gasteiger partial charge in [0, 0.05) is 17.1 Å². The molecule has 0 fully saturated rings. The lowest BCUT2D eigenvalue weighted by Crippen LogP contribution is -2.39. The number of methoxy groups -OCH3 is 3. The van der Waals surface area contributed by atoms with Crippen molar-refractivity contribution >= 4 is 16.8 Å². The fourth-order valence-electron chi connectivity index (χ4n) is 4.39. The molecule has 4 aromatic rings. The van der Waals surface area contributed by atoms with E-state index in [-0.39, 0.29) is 12.5 Å². The summed E-state index contributed by atoms with van der Waals surface area (Å²) in [5.41, 5.74) is 4.98. The summed E-state index contributed by atoms with van der Waals surface area (Å²) in [7, 11) is 4.72. The number of rotatable bonds is 9. The van der Waals surface area contributed by atoms with Crippen LogP contribution in [0.5, 0.6) is 17.2 Å². The number of hydrogen-bond acceptors (Lipinski definition) is 5. The van der Waals surface area contributed by atoms with Crippen LogP contribution in [-0.4, -0.2) is 50.0 Å². The van der Waals surface area contributed by atoms with Gasteiger partial charge in [-0.2, -0.15) is 0 Å². The van der Waals surface area contributed by atoms with E-state index in [0.29, 0.717) is 29.2 Å². The zero-order chi connectivity index (χ0) is 24.9. The summed E-state index contributed by atoms with van der Waals surface area (Å²) in [6, 6.07) is 16.9. The van der Waals surface area contributed by atoms with E-state index in [1.165, 1.54) is 0 Å². The number of ether oxygens (including phenoxy) is 3. The Balaban J connectivity index is 1.63. The number of para-hydroxylation sites is 1. The molecule has 182 valence electrons. The van der Waals surface area contributed by atoms with Gasteiger partial charge in [-0.25, -0.2) is 0 Å². The molecule has 7 nitrogen and oxygen atoms in total. The Morgan fingerprint density at radius 2 is 1.74 bits per heavy atom. The van der Waals surface area contributed by atoms with Gasteiger partial charge in [-0.15, -0.1) is 0 Å². The predicted molar refractivity (Wildman–Crippen MR) is 137 cm³/mol. The van der Waals surface area contributed by atoms with Gasteiger partial charge in [0.2, 0.25) is 0 Å². The van der Waals surface area contributed by atoms with Gasteiger partial charge in [0.1, 0.15) is 5.75 Å². The Bertz CT molecular complexity index is 1340. The number of aromatic amines is 1. The normalized spacial score (nSPS) is 11.8. The number of aromatic nitrogens is 1. The summed E-state index contributed by atoms with van der Waals surface area (Å²) < 4.78 is 16.4. The number of fused-ring (bicyclic) bond motifs is 1. The molecule has 0 aliphatic carbocycles. The van der Waals surface area contributed by atoms with Gasteiger partial charge in [-0.3, -0.25) is 4.79 Å². The van der Waals surface area contributed by atoms with Crippen LogP contribution in [0, 0.1) is 6.92 Å². The van der Waals surface area contributed by atoms with E-state index in [2.05, 4.69) is 10.3 Å². The summed E-state index contributed by atoms with van der Waals surface area (Å²) in [6.07, 6.45) is 2.41. The Morgan fingerprint density at radius 1 is 0.971 bits per heavy atom. The number of aliphatic hydroxyl groups excluding tert-OH is 1. The smallest absolute Gasteiger partial charge is 0.255 e. The van der Waals surface area contributed by atoms with E-state index in [1.807, 2.05) is 61.7 Å². The van der Waals surface area contributed by atoms with Crippen molar-refractivity contribution in [3.05, 3.63) is 77.5 Å². The van der Waals surface area contributed by atoms with Crippen molar-refractivity contribution in [3.8, 4) is 28.4 Å². The minimum Gasteiger partial charge on any atom is -0.496 e. The summed E-state index contributed by atoms with van der Waals surface area (Å²) in [5, 5.41) is 14.1. The van der Waals surface area contributed by atoms with Crippen molar-refractivity contribution in [1.29, 1.82) is 0 Å². The van der Waals surface area contributed by atoms with Crippen molar-refractivity contribution in [2.75, 3.05) is 27.9 Å². The first-order valence-corrected chi connectivity index (χ1v) is 11.4. The van der Waals surface area contributed by atoms with Crippen molar-refractivity contribution < 1.29 is 24.1 Å². The first-order chi connectivity index (χ1) is 17.0. The van der Waals surface area contributed by atoms with Gasteiger partial charge >= 0.3 is 0 Å². The maximum Gasteiger partial charge on any atom is 0.255 e. The molecule has 1 aromatic heterocycles. The highest BCUT2D eigenvalue weighted by Gasteiger charge is 2.21. The average molecular weight is 475 g/mol. The Hall–Kier alpha value is -3.97. The SMILES string of the molecule is COc1ccc(-c2cc(C)c(OC)c(C(=O)N[C@@H](CO)Cc3c[nH]c4ccccc34)c2)cc1OC. The van der Waals surface area contributed by atoms with Crippen LogP contribution in [0.2, 0.25) is 0 Å². The number of hydrogen-bond donors (Lipinski definition) is 3. The monoisotopic (exact) mass is 474 g/mol. The van der Waals surface area contributed by atoms with Crippen LogP contribution in [0.15, 0.2) is 60.8 Å². The molecule has 4 rings (SSSR count). The van der Waals surface area contributed by atoms with Crippen LogP contribution in [0.4, 0.5) is 0 Å². The second-order valence-electron chi connectivity index (χ2n) is 8.36. The van der Waals surface area contributed by atoms with Gasteiger partial charge in [-0.05, 0) is 65.9 Å². The number of aryl methyl sites for hydroxylation is 1. The Morgan fingerprint density at radius 3 is 2.46 bits per heavy atom. The van der Waals surface area contributed by atoms with Gasteiger partial charge < -0.3 is 29.6 Å². The van der Waals surface area contributed by atoms with Crippen LogP contribution >= 0.6 is 0 Å². The van der Waals surface area contributed by atoms with Crippen molar-refractivity contribution in [1.82, 2.24) is 10.3 Å².